The number of hydrogen-bond acceptors (Lipinski definition) is 3. The number of benzene rings is 1. The molecule has 2 heterocycles. The molecule has 0 unspecified atom stereocenters. The summed E-state index contributed by atoms with van der Waals surface area (Å²) in [5.74, 6) is 0.891. The van der Waals surface area contributed by atoms with Crippen molar-refractivity contribution in [3.63, 3.8) is 0 Å². The normalized spacial score (nSPS) is 13.8. The van der Waals surface area contributed by atoms with E-state index in [0.29, 0.717) is 10.6 Å². The maximum absolute atomic E-state index is 9.25. The van der Waals surface area contributed by atoms with E-state index in [4.69, 9.17) is 17.0 Å². The fourth-order valence-electron chi connectivity index (χ4n) is 2.42. The van der Waals surface area contributed by atoms with Crippen molar-refractivity contribution in [1.82, 2.24) is 4.57 Å². The van der Waals surface area contributed by atoms with E-state index in [9.17, 15) is 5.26 Å². The topological polar surface area (TPSA) is 64.6 Å². The van der Waals surface area contributed by atoms with E-state index in [1.807, 2.05) is 16.7 Å². The van der Waals surface area contributed by atoms with Gasteiger partial charge in [-0.2, -0.15) is 5.26 Å². The summed E-state index contributed by atoms with van der Waals surface area (Å²) in [6.07, 6.45) is 0.959. The maximum Gasteiger partial charge on any atom is 0.145 e. The van der Waals surface area contributed by atoms with Gasteiger partial charge in [0.05, 0.1) is 0 Å². The van der Waals surface area contributed by atoms with Gasteiger partial charge < -0.3 is 9.88 Å². The molecule has 90 valence electrons. The lowest BCUT2D eigenvalue weighted by Crippen LogP contribution is -2.30. The summed E-state index contributed by atoms with van der Waals surface area (Å²) >= 11 is 6.03. The molecule has 1 aromatic carbocycles. The Hall–Kier alpha value is -1.99. The number of fused-ring (bicyclic) bond motifs is 3. The molecule has 5 heteroatoms. The number of hydrogen-bond donors (Lipinski definition) is 2. The first-order chi connectivity index (χ1) is 8.72. The highest BCUT2D eigenvalue weighted by atomic mass is 35.5. The quantitative estimate of drug-likeness (QED) is 0.762. The van der Waals surface area contributed by atoms with Gasteiger partial charge in [0.1, 0.15) is 22.9 Å². The molecule has 1 aromatic heterocycles. The van der Waals surface area contributed by atoms with Crippen molar-refractivity contribution in [2.45, 2.75) is 13.0 Å². The predicted molar refractivity (Wildman–Crippen MR) is 70.6 cm³/mol. The molecule has 0 amide bonds. The molecule has 0 bridgehead atoms. The summed E-state index contributed by atoms with van der Waals surface area (Å²) in [6.45, 7) is 1.64. The van der Waals surface area contributed by atoms with Gasteiger partial charge in [0, 0.05) is 28.9 Å². The number of pyridine rings is 1. The summed E-state index contributed by atoms with van der Waals surface area (Å²) in [7, 11) is 0. The van der Waals surface area contributed by atoms with Crippen LogP contribution in [0.15, 0.2) is 18.2 Å². The first kappa shape index (κ1) is 11.1. The number of nitrogens with one attached hydrogen (secondary N) is 2. The third-order valence-electron chi connectivity index (χ3n) is 3.25. The summed E-state index contributed by atoms with van der Waals surface area (Å²) in [6, 6.07) is 7.54. The number of halogens is 1. The molecule has 4 nitrogen and oxygen atoms in total. The van der Waals surface area contributed by atoms with Crippen LogP contribution in [0.5, 0.6) is 0 Å². The molecule has 0 radical (unpaired) electrons. The number of anilines is 1. The van der Waals surface area contributed by atoms with Crippen LogP contribution in [0.2, 0.25) is 5.02 Å². The molecular weight excluding hydrogens is 248 g/mol. The summed E-state index contributed by atoms with van der Waals surface area (Å²) < 4.78 is 1.85. The van der Waals surface area contributed by atoms with Crippen LogP contribution in [0.1, 0.15) is 12.0 Å². The SMILES string of the molecule is N#Cc1c(=N)n2c(c3cc(Cl)ccc13)NCCC2. The van der Waals surface area contributed by atoms with Gasteiger partial charge in [-0.3, -0.25) is 5.41 Å². The monoisotopic (exact) mass is 258 g/mol. The van der Waals surface area contributed by atoms with Crippen LogP contribution in [0.25, 0.3) is 10.8 Å². The molecule has 2 aromatic rings. The molecule has 2 N–H and O–H groups in total. The number of rotatable bonds is 0. The second-order valence-corrected chi connectivity index (χ2v) is 4.74. The van der Waals surface area contributed by atoms with Gasteiger partial charge in [0.2, 0.25) is 0 Å². The van der Waals surface area contributed by atoms with E-state index in [1.54, 1.807) is 6.07 Å². The van der Waals surface area contributed by atoms with Crippen LogP contribution in [-0.2, 0) is 6.54 Å². The Morgan fingerprint density at radius 2 is 2.22 bits per heavy atom. The zero-order valence-corrected chi connectivity index (χ0v) is 10.4. The number of aromatic nitrogens is 1. The lowest BCUT2D eigenvalue weighted by atomic mass is 10.1. The van der Waals surface area contributed by atoms with E-state index in [0.717, 1.165) is 36.1 Å². The first-order valence-corrected chi connectivity index (χ1v) is 6.15. The molecule has 1 aliphatic rings. The van der Waals surface area contributed by atoms with E-state index in [2.05, 4.69) is 11.4 Å². The summed E-state index contributed by atoms with van der Waals surface area (Å²) in [4.78, 5) is 0. The van der Waals surface area contributed by atoms with E-state index in [1.165, 1.54) is 0 Å². The van der Waals surface area contributed by atoms with Crippen molar-refractivity contribution < 1.29 is 0 Å². The van der Waals surface area contributed by atoms with E-state index >= 15 is 0 Å². The Balaban J connectivity index is 2.53. The molecular formula is C13H11ClN4. The summed E-state index contributed by atoms with van der Waals surface area (Å²) in [5.41, 5.74) is 0.684. The average molecular weight is 259 g/mol. The highest BCUT2D eigenvalue weighted by Gasteiger charge is 2.16. The van der Waals surface area contributed by atoms with Crippen LogP contribution in [0, 0.1) is 16.7 Å². The highest BCUT2D eigenvalue weighted by Crippen LogP contribution is 2.28. The highest BCUT2D eigenvalue weighted by molar-refractivity contribution is 6.31. The third kappa shape index (κ3) is 1.48. The van der Waals surface area contributed by atoms with Crippen molar-refractivity contribution in [1.29, 1.82) is 10.7 Å². The van der Waals surface area contributed by atoms with Gasteiger partial charge in [-0.1, -0.05) is 17.7 Å². The zero-order chi connectivity index (χ0) is 12.7. The minimum Gasteiger partial charge on any atom is -0.371 e. The van der Waals surface area contributed by atoms with Crippen LogP contribution >= 0.6 is 11.6 Å². The van der Waals surface area contributed by atoms with E-state index < -0.39 is 0 Å². The minimum atomic E-state index is 0.273. The molecule has 3 rings (SSSR count). The third-order valence-corrected chi connectivity index (χ3v) is 3.48. The number of nitrogens with zero attached hydrogens (tertiary/aromatic N) is 2. The Kier molecular flexibility index (Phi) is 2.49. The zero-order valence-electron chi connectivity index (χ0n) is 9.63. The van der Waals surface area contributed by atoms with Crippen LogP contribution in [0.3, 0.4) is 0 Å². The molecule has 0 aliphatic carbocycles. The molecule has 0 spiro atoms. The van der Waals surface area contributed by atoms with Crippen molar-refractivity contribution in [2.75, 3.05) is 11.9 Å². The lowest BCUT2D eigenvalue weighted by Gasteiger charge is -2.23. The molecule has 0 fully saturated rings. The van der Waals surface area contributed by atoms with E-state index in [-0.39, 0.29) is 5.49 Å². The van der Waals surface area contributed by atoms with Gasteiger partial charge in [-0.25, -0.2) is 0 Å². The Bertz CT molecular complexity index is 739. The first-order valence-electron chi connectivity index (χ1n) is 5.77. The van der Waals surface area contributed by atoms with Crippen molar-refractivity contribution in [2.24, 2.45) is 0 Å². The van der Waals surface area contributed by atoms with Gasteiger partial charge in [-0.15, -0.1) is 0 Å². The Labute approximate surface area is 109 Å². The predicted octanol–water partition coefficient (Wildman–Crippen LogP) is 2.46. The van der Waals surface area contributed by atoms with Crippen molar-refractivity contribution >= 4 is 28.2 Å². The summed E-state index contributed by atoms with van der Waals surface area (Å²) in [5, 5.41) is 23.0. The van der Waals surface area contributed by atoms with Crippen LogP contribution in [0.4, 0.5) is 5.82 Å². The van der Waals surface area contributed by atoms with Crippen LogP contribution in [-0.4, -0.2) is 11.1 Å². The van der Waals surface area contributed by atoms with Gasteiger partial charge in [0.15, 0.2) is 0 Å². The van der Waals surface area contributed by atoms with Gasteiger partial charge >= 0.3 is 0 Å². The minimum absolute atomic E-state index is 0.273. The standard InChI is InChI=1S/C13H11ClN4/c14-8-2-3-9-10(6-8)13-17-4-1-5-18(13)12(16)11(9)7-15/h2-3,6,16-17H,1,4-5H2. The van der Waals surface area contributed by atoms with Crippen molar-refractivity contribution in [3.05, 3.63) is 34.3 Å². The molecule has 1 aliphatic heterocycles. The number of nitriles is 1. The van der Waals surface area contributed by atoms with Gasteiger partial charge in [-0.05, 0) is 18.6 Å². The molecule has 0 saturated heterocycles. The fourth-order valence-corrected chi connectivity index (χ4v) is 2.59. The second kappa shape index (κ2) is 4.04. The van der Waals surface area contributed by atoms with Crippen LogP contribution < -0.4 is 10.8 Å². The molecule has 0 atom stereocenters. The second-order valence-electron chi connectivity index (χ2n) is 4.31. The fraction of sp³-hybridized carbons (Fsp3) is 0.231. The average Bonchev–Trinajstić information content (AvgIpc) is 2.40. The largest absolute Gasteiger partial charge is 0.371 e. The smallest absolute Gasteiger partial charge is 0.145 e. The van der Waals surface area contributed by atoms with Crippen molar-refractivity contribution in [3.8, 4) is 6.07 Å². The Morgan fingerprint density at radius 3 is 3.00 bits per heavy atom. The lowest BCUT2D eigenvalue weighted by molar-refractivity contribution is 0.599. The molecule has 18 heavy (non-hydrogen) atoms. The Morgan fingerprint density at radius 1 is 1.39 bits per heavy atom. The maximum atomic E-state index is 9.25. The molecule has 0 saturated carbocycles. The van der Waals surface area contributed by atoms with Gasteiger partial charge in [0.25, 0.3) is 0 Å².